The number of nitriles is 1. The van der Waals surface area contributed by atoms with Gasteiger partial charge in [0.15, 0.2) is 0 Å². The van der Waals surface area contributed by atoms with Crippen LogP contribution in [0.4, 0.5) is 11.4 Å². The summed E-state index contributed by atoms with van der Waals surface area (Å²) in [4.78, 5) is 15.9. The zero-order valence-corrected chi connectivity index (χ0v) is 22.5. The first-order valence-corrected chi connectivity index (χ1v) is 14.8. The molecule has 4 heterocycles. The molecule has 2 unspecified atom stereocenters. The van der Waals surface area contributed by atoms with Crippen LogP contribution in [0.1, 0.15) is 41.2 Å². The van der Waals surface area contributed by atoms with Gasteiger partial charge in [0, 0.05) is 42.5 Å². The van der Waals surface area contributed by atoms with E-state index in [0.717, 1.165) is 9.58 Å². The van der Waals surface area contributed by atoms with Crippen molar-refractivity contribution in [2.45, 2.75) is 38.1 Å². The molecule has 1 aliphatic carbocycles. The molecule has 2 atom stereocenters. The number of aliphatic carboxylic acids is 1. The molecule has 7 heteroatoms. The van der Waals surface area contributed by atoms with E-state index in [1.54, 1.807) is 40.1 Å². The molecule has 4 nitrogen and oxygen atoms in total. The lowest BCUT2D eigenvalue weighted by Crippen LogP contribution is -2.26. The van der Waals surface area contributed by atoms with Crippen LogP contribution in [0.5, 0.6) is 0 Å². The molecule has 2 aliphatic rings. The standard InChI is InChI=1S/C30H22N2O2S3/c1-16-5-8-19(9-6-16)32-23-4-2-3-21(23)22-12-17(7-10-24(22)32)25-14-27-29(37-25)28-26(36-27)13-20(35-28)11-18(15-31)30(33)34/h5-14,21,23H,2-4H2,1H3,(H,33,34)/b18-11-. The van der Waals surface area contributed by atoms with Crippen LogP contribution in [0.3, 0.4) is 0 Å². The van der Waals surface area contributed by atoms with E-state index in [4.69, 9.17) is 5.26 Å². The second kappa shape index (κ2) is 8.56. The molecule has 1 fully saturated rings. The van der Waals surface area contributed by atoms with Gasteiger partial charge in [-0.2, -0.15) is 5.26 Å². The maximum absolute atomic E-state index is 11.2. The molecule has 3 aromatic heterocycles. The minimum atomic E-state index is -1.19. The molecule has 2 aromatic carbocycles. The molecule has 1 N–H and O–H groups in total. The SMILES string of the molecule is Cc1ccc(N2c3ccc(-c4cc5sc6cc(/C=C(/C#N)C(=O)O)sc6c5s4)cc3C3CCCC32)cc1. The zero-order valence-electron chi connectivity index (χ0n) is 20.0. The first-order valence-electron chi connectivity index (χ1n) is 12.3. The Hall–Kier alpha value is -3.44. The summed E-state index contributed by atoms with van der Waals surface area (Å²) in [6.07, 6.45) is 5.23. The highest BCUT2D eigenvalue weighted by Gasteiger charge is 2.42. The third kappa shape index (κ3) is 3.63. The number of benzene rings is 2. The summed E-state index contributed by atoms with van der Waals surface area (Å²) in [5.74, 6) is -0.607. The summed E-state index contributed by atoms with van der Waals surface area (Å²) in [5, 5.41) is 18.3. The van der Waals surface area contributed by atoms with Gasteiger partial charge < -0.3 is 10.0 Å². The van der Waals surface area contributed by atoms with Crippen molar-refractivity contribution in [1.29, 1.82) is 5.26 Å². The van der Waals surface area contributed by atoms with Gasteiger partial charge in [0.05, 0.1) is 9.40 Å². The number of rotatable bonds is 4. The van der Waals surface area contributed by atoms with Crippen LogP contribution in [0.15, 0.2) is 60.2 Å². The van der Waals surface area contributed by atoms with Gasteiger partial charge >= 0.3 is 5.97 Å². The van der Waals surface area contributed by atoms with Crippen molar-refractivity contribution in [2.24, 2.45) is 0 Å². The molecular weight excluding hydrogens is 517 g/mol. The van der Waals surface area contributed by atoms with E-state index in [0.29, 0.717) is 12.0 Å². The van der Waals surface area contributed by atoms with Crippen molar-refractivity contribution in [3.05, 3.63) is 76.2 Å². The second-order valence-corrected chi connectivity index (χ2v) is 13.0. The van der Waals surface area contributed by atoms with Gasteiger partial charge in [-0.3, -0.25) is 0 Å². The lowest BCUT2D eigenvalue weighted by molar-refractivity contribution is -0.132. The Labute approximate surface area is 226 Å². The summed E-state index contributed by atoms with van der Waals surface area (Å²) in [6.45, 7) is 2.14. The van der Waals surface area contributed by atoms with E-state index in [2.05, 4.69) is 60.4 Å². The first kappa shape index (κ1) is 22.7. The fourth-order valence-corrected chi connectivity index (χ4v) is 9.87. The summed E-state index contributed by atoms with van der Waals surface area (Å²) in [6, 6.07) is 22.5. The van der Waals surface area contributed by atoms with E-state index in [1.807, 2.05) is 6.07 Å². The van der Waals surface area contributed by atoms with E-state index in [-0.39, 0.29) is 5.57 Å². The summed E-state index contributed by atoms with van der Waals surface area (Å²) in [5.41, 5.74) is 6.44. The van der Waals surface area contributed by atoms with Gasteiger partial charge in [0.1, 0.15) is 11.6 Å². The predicted octanol–water partition coefficient (Wildman–Crippen LogP) is 8.93. The quantitative estimate of drug-likeness (QED) is 0.183. The van der Waals surface area contributed by atoms with Crippen molar-refractivity contribution >= 4 is 76.2 Å². The maximum atomic E-state index is 11.2. The van der Waals surface area contributed by atoms with E-state index >= 15 is 0 Å². The number of carboxylic acids is 1. The smallest absolute Gasteiger partial charge is 0.346 e. The highest BCUT2D eigenvalue weighted by molar-refractivity contribution is 7.39. The van der Waals surface area contributed by atoms with Crippen molar-refractivity contribution in [3.63, 3.8) is 0 Å². The fraction of sp³-hybridized carbons (Fsp3) is 0.200. The maximum Gasteiger partial charge on any atom is 0.346 e. The highest BCUT2D eigenvalue weighted by Crippen LogP contribution is 2.54. The van der Waals surface area contributed by atoms with Gasteiger partial charge in [-0.15, -0.1) is 34.0 Å². The van der Waals surface area contributed by atoms with Crippen LogP contribution in [-0.4, -0.2) is 17.1 Å². The molecule has 1 aliphatic heterocycles. The predicted molar refractivity (Wildman–Crippen MR) is 155 cm³/mol. The summed E-state index contributed by atoms with van der Waals surface area (Å²) < 4.78 is 4.82. The normalized spacial score (nSPS) is 18.9. The highest BCUT2D eigenvalue weighted by atomic mass is 32.1. The van der Waals surface area contributed by atoms with Gasteiger partial charge in [0.25, 0.3) is 0 Å². The number of fused-ring (bicyclic) bond motifs is 6. The third-order valence-corrected chi connectivity index (χ3v) is 11.3. The van der Waals surface area contributed by atoms with Gasteiger partial charge in [-0.1, -0.05) is 30.2 Å². The molecule has 0 bridgehead atoms. The van der Waals surface area contributed by atoms with E-state index < -0.39 is 5.97 Å². The number of anilines is 2. The average molecular weight is 539 g/mol. The Balaban J connectivity index is 1.27. The average Bonchev–Trinajstić information content (AvgIpc) is 3.68. The van der Waals surface area contributed by atoms with Crippen LogP contribution in [0.25, 0.3) is 35.3 Å². The number of aryl methyl sites for hydroxylation is 1. The lowest BCUT2D eigenvalue weighted by Gasteiger charge is -2.27. The molecule has 0 radical (unpaired) electrons. The van der Waals surface area contributed by atoms with Crippen LogP contribution >= 0.6 is 34.0 Å². The molecule has 0 saturated heterocycles. The van der Waals surface area contributed by atoms with Crippen molar-refractivity contribution < 1.29 is 9.90 Å². The molecule has 0 spiro atoms. The van der Waals surface area contributed by atoms with Crippen molar-refractivity contribution in [2.75, 3.05) is 4.90 Å². The van der Waals surface area contributed by atoms with E-state index in [9.17, 15) is 9.90 Å². The molecular formula is C30H22N2O2S3. The van der Waals surface area contributed by atoms with Crippen LogP contribution in [0, 0.1) is 18.3 Å². The Morgan fingerprint density at radius 2 is 1.81 bits per heavy atom. The molecule has 7 rings (SSSR count). The Morgan fingerprint density at radius 1 is 1.03 bits per heavy atom. The van der Waals surface area contributed by atoms with Gasteiger partial charge in [-0.05, 0) is 73.4 Å². The minimum absolute atomic E-state index is 0.236. The fourth-order valence-electron chi connectivity index (χ4n) is 5.90. The second-order valence-electron chi connectivity index (χ2n) is 9.81. The molecule has 1 saturated carbocycles. The number of hydrogen-bond donors (Lipinski definition) is 1. The minimum Gasteiger partial charge on any atom is -0.477 e. The Bertz CT molecular complexity index is 1780. The largest absolute Gasteiger partial charge is 0.477 e. The number of carboxylic acid groups (broad SMARTS) is 1. The van der Waals surface area contributed by atoms with Crippen molar-refractivity contribution in [1.82, 2.24) is 0 Å². The number of nitrogens with zero attached hydrogens (tertiary/aromatic N) is 2. The van der Waals surface area contributed by atoms with Gasteiger partial charge in [-0.25, -0.2) is 4.79 Å². The monoisotopic (exact) mass is 538 g/mol. The number of thiophene rings is 3. The third-order valence-electron chi connectivity index (χ3n) is 7.57. The number of hydrogen-bond acceptors (Lipinski definition) is 6. The molecule has 0 amide bonds. The first-order chi connectivity index (χ1) is 18.0. The Morgan fingerprint density at radius 3 is 2.59 bits per heavy atom. The molecule has 182 valence electrons. The number of carbonyl (C=O) groups is 1. The van der Waals surface area contributed by atoms with Crippen LogP contribution in [0.2, 0.25) is 0 Å². The topological polar surface area (TPSA) is 64.3 Å². The lowest BCUT2D eigenvalue weighted by atomic mass is 9.95. The Kier molecular flexibility index (Phi) is 5.26. The molecule has 37 heavy (non-hydrogen) atoms. The van der Waals surface area contributed by atoms with Crippen molar-refractivity contribution in [3.8, 4) is 16.5 Å². The van der Waals surface area contributed by atoms with Gasteiger partial charge in [0.2, 0.25) is 0 Å². The summed E-state index contributed by atoms with van der Waals surface area (Å²) in [7, 11) is 0. The van der Waals surface area contributed by atoms with E-state index in [1.165, 1.54) is 72.4 Å². The summed E-state index contributed by atoms with van der Waals surface area (Å²) >= 11 is 5.10. The molecule has 5 aromatic rings. The van der Waals surface area contributed by atoms with Crippen LogP contribution < -0.4 is 4.90 Å². The zero-order chi connectivity index (χ0) is 25.3. The van der Waals surface area contributed by atoms with Crippen LogP contribution in [-0.2, 0) is 4.79 Å².